The van der Waals surface area contributed by atoms with Crippen molar-refractivity contribution in [3.05, 3.63) is 23.8 Å². The van der Waals surface area contributed by atoms with Crippen molar-refractivity contribution in [2.24, 2.45) is 5.10 Å². The van der Waals surface area contributed by atoms with Gasteiger partial charge in [0.25, 0.3) is 5.91 Å². The summed E-state index contributed by atoms with van der Waals surface area (Å²) < 4.78 is 10.7. The fraction of sp³-hybridized carbons (Fsp3) is 0.385. The molecule has 2 heterocycles. The lowest BCUT2D eigenvalue weighted by molar-refractivity contribution is -0.726. The highest BCUT2D eigenvalue weighted by Crippen LogP contribution is 2.32. The number of rotatable bonds is 4. The summed E-state index contributed by atoms with van der Waals surface area (Å²) in [5.41, 5.74) is 4.50. The maximum Gasteiger partial charge on any atom is 0.316 e. The van der Waals surface area contributed by atoms with Crippen molar-refractivity contribution in [3.63, 3.8) is 0 Å². The van der Waals surface area contributed by atoms with Crippen LogP contribution in [0.3, 0.4) is 0 Å². The molecule has 2 aliphatic heterocycles. The Hall–Kier alpha value is -1.93. The molecule has 0 fully saturated rings. The number of hydrazone groups is 1. The molecule has 0 unspecified atom stereocenters. The Balaban J connectivity index is 1.70. The zero-order valence-corrected chi connectivity index (χ0v) is 12.6. The number of fused-ring (bicyclic) bond motifs is 1. The van der Waals surface area contributed by atoms with Crippen LogP contribution in [0.15, 0.2) is 23.3 Å². The summed E-state index contributed by atoms with van der Waals surface area (Å²) in [6.07, 6.45) is 1.92. The van der Waals surface area contributed by atoms with Crippen LogP contribution in [0.1, 0.15) is 12.5 Å². The summed E-state index contributed by atoms with van der Waals surface area (Å²) in [5, 5.41) is 8.29. The van der Waals surface area contributed by atoms with E-state index in [1.54, 1.807) is 6.92 Å². The first kappa shape index (κ1) is 14.0. The van der Waals surface area contributed by atoms with E-state index in [0.717, 1.165) is 17.1 Å². The monoisotopic (exact) mass is 309 g/mol. The predicted octanol–water partition coefficient (Wildman–Crippen LogP) is -0.452. The van der Waals surface area contributed by atoms with Gasteiger partial charge in [0, 0.05) is 5.56 Å². The number of amides is 1. The van der Waals surface area contributed by atoms with Gasteiger partial charge in [0.05, 0.1) is 0 Å². The maximum absolute atomic E-state index is 11.8. The number of nitrogens with two attached hydrogens (primary N) is 1. The minimum atomic E-state index is -0.688. The summed E-state index contributed by atoms with van der Waals surface area (Å²) in [5.74, 6) is 1.36. The van der Waals surface area contributed by atoms with E-state index in [0.29, 0.717) is 12.3 Å². The van der Waals surface area contributed by atoms with Gasteiger partial charge in [-0.3, -0.25) is 15.4 Å². The predicted molar refractivity (Wildman–Crippen MR) is 78.8 cm³/mol. The van der Waals surface area contributed by atoms with Crippen LogP contribution in [0.25, 0.3) is 0 Å². The number of benzene rings is 1. The molecule has 112 valence electrons. The van der Waals surface area contributed by atoms with Gasteiger partial charge in [-0.05, 0) is 43.1 Å². The Labute approximate surface area is 126 Å². The number of nitrogens with one attached hydrogen (secondary N) is 2. The van der Waals surface area contributed by atoms with Gasteiger partial charge in [0.15, 0.2) is 11.5 Å². The van der Waals surface area contributed by atoms with Crippen molar-refractivity contribution < 1.29 is 19.6 Å². The minimum absolute atomic E-state index is 0.162. The Bertz CT molecular complexity index is 607. The molecule has 0 spiro atoms. The van der Waals surface area contributed by atoms with Gasteiger partial charge in [-0.25, -0.2) is 5.43 Å². The quantitative estimate of drug-likeness (QED) is 0.656. The molecule has 4 N–H and O–H groups in total. The highest BCUT2D eigenvalue weighted by molar-refractivity contribution is 7.99. The average molecular weight is 309 g/mol. The van der Waals surface area contributed by atoms with Crippen LogP contribution >= 0.6 is 11.8 Å². The normalized spacial score (nSPS) is 23.3. The van der Waals surface area contributed by atoms with Gasteiger partial charge >= 0.3 is 5.12 Å². The second kappa shape index (κ2) is 5.45. The molecule has 1 atom stereocenters. The average Bonchev–Trinajstić information content (AvgIpc) is 2.96. The van der Waals surface area contributed by atoms with E-state index >= 15 is 0 Å². The Morgan fingerprint density at radius 2 is 2.24 bits per heavy atom. The van der Waals surface area contributed by atoms with Gasteiger partial charge in [-0.2, -0.15) is 5.10 Å². The first-order valence-electron chi connectivity index (χ1n) is 6.54. The van der Waals surface area contributed by atoms with E-state index < -0.39 is 5.12 Å². The zero-order chi connectivity index (χ0) is 14.9. The fourth-order valence-corrected chi connectivity index (χ4v) is 2.69. The van der Waals surface area contributed by atoms with Gasteiger partial charge in [-0.1, -0.05) is 0 Å². The van der Waals surface area contributed by atoms with E-state index in [9.17, 15) is 4.79 Å². The molecule has 0 saturated carbocycles. The van der Waals surface area contributed by atoms with Gasteiger partial charge in [-0.15, -0.1) is 0 Å². The van der Waals surface area contributed by atoms with Crippen molar-refractivity contribution in [1.29, 1.82) is 0 Å². The molecule has 1 aromatic carbocycles. The highest BCUT2D eigenvalue weighted by atomic mass is 32.2. The summed E-state index contributed by atoms with van der Waals surface area (Å²) >= 11 is 1.48. The molecule has 0 bridgehead atoms. The van der Waals surface area contributed by atoms with Gasteiger partial charge in [0.2, 0.25) is 6.79 Å². The van der Waals surface area contributed by atoms with Crippen molar-refractivity contribution in [2.75, 3.05) is 13.0 Å². The molecule has 0 aliphatic carbocycles. The van der Waals surface area contributed by atoms with Gasteiger partial charge in [0.1, 0.15) is 12.3 Å². The van der Waals surface area contributed by atoms with Crippen molar-refractivity contribution in [3.8, 4) is 11.5 Å². The fourth-order valence-electron chi connectivity index (χ4n) is 2.11. The Morgan fingerprint density at radius 1 is 1.43 bits per heavy atom. The number of thioether (sulfide) groups is 1. The lowest BCUT2D eigenvalue weighted by Crippen LogP contribution is -3.02. The lowest BCUT2D eigenvalue weighted by atomic mass is 10.2. The second-order valence-electron chi connectivity index (χ2n) is 4.80. The third kappa shape index (κ3) is 2.77. The molecule has 3 rings (SSSR count). The SMILES string of the molecule is CS[C@]1([NH2+]Cc2ccc3c(c2)OCO3)NN=C(C)C(=O)N1. The standard InChI is InChI=1S/C13H16N4O3S/c1-8-12(18)15-13(21-2,17-16-8)14-6-9-3-4-10-11(5-9)20-7-19-10/h3-5,14,17H,6-7H2,1-2H3,(H,15,18)/p+1/t13-/m0/s1. The molecule has 0 saturated heterocycles. The van der Waals surface area contributed by atoms with Crippen molar-refractivity contribution in [1.82, 2.24) is 10.7 Å². The van der Waals surface area contributed by atoms with Crippen molar-refractivity contribution in [2.45, 2.75) is 18.6 Å². The van der Waals surface area contributed by atoms with Crippen LogP contribution in [-0.4, -0.2) is 29.8 Å². The zero-order valence-electron chi connectivity index (χ0n) is 11.8. The highest BCUT2D eigenvalue weighted by Gasteiger charge is 2.38. The number of ether oxygens (including phenoxy) is 2. The van der Waals surface area contributed by atoms with Crippen LogP contribution in [0.2, 0.25) is 0 Å². The molecule has 0 radical (unpaired) electrons. The molecule has 2 aliphatic rings. The molecular formula is C13H17N4O3S+. The number of hydrogen-bond donors (Lipinski definition) is 3. The number of quaternary nitrogens is 1. The summed E-state index contributed by atoms with van der Waals surface area (Å²) in [7, 11) is 0. The molecule has 1 amide bonds. The van der Waals surface area contributed by atoms with Crippen LogP contribution in [0.4, 0.5) is 0 Å². The Morgan fingerprint density at radius 3 is 3.00 bits per heavy atom. The van der Waals surface area contributed by atoms with E-state index in [2.05, 4.69) is 15.8 Å². The number of carbonyl (C=O) groups excluding carboxylic acids is 1. The third-order valence-corrected chi connectivity index (χ3v) is 4.41. The minimum Gasteiger partial charge on any atom is -0.454 e. The number of hydrogen-bond acceptors (Lipinski definition) is 6. The topological polar surface area (TPSA) is 88.6 Å². The summed E-state index contributed by atoms with van der Waals surface area (Å²) in [4.78, 5) is 11.8. The van der Waals surface area contributed by atoms with E-state index in [1.807, 2.05) is 29.8 Å². The van der Waals surface area contributed by atoms with E-state index in [4.69, 9.17) is 9.47 Å². The number of carbonyl (C=O) groups is 1. The van der Waals surface area contributed by atoms with Crippen LogP contribution in [-0.2, 0) is 11.3 Å². The molecule has 21 heavy (non-hydrogen) atoms. The first-order chi connectivity index (χ1) is 10.1. The van der Waals surface area contributed by atoms with Crippen LogP contribution in [0.5, 0.6) is 11.5 Å². The lowest BCUT2D eigenvalue weighted by Gasteiger charge is -2.32. The Kier molecular flexibility index (Phi) is 3.64. The smallest absolute Gasteiger partial charge is 0.316 e. The number of nitrogens with zero attached hydrogens (tertiary/aromatic N) is 1. The largest absolute Gasteiger partial charge is 0.454 e. The second-order valence-corrected chi connectivity index (χ2v) is 5.85. The molecule has 0 aromatic heterocycles. The molecule has 1 aromatic rings. The molecule has 7 nitrogen and oxygen atoms in total. The van der Waals surface area contributed by atoms with Crippen LogP contribution < -0.4 is 25.5 Å². The third-order valence-electron chi connectivity index (χ3n) is 3.40. The van der Waals surface area contributed by atoms with E-state index in [1.165, 1.54) is 11.8 Å². The van der Waals surface area contributed by atoms with Gasteiger partial charge < -0.3 is 9.47 Å². The van der Waals surface area contributed by atoms with Crippen LogP contribution in [0, 0.1) is 0 Å². The summed E-state index contributed by atoms with van der Waals surface area (Å²) in [6.45, 7) is 2.60. The first-order valence-corrected chi connectivity index (χ1v) is 7.76. The summed E-state index contributed by atoms with van der Waals surface area (Å²) in [6, 6.07) is 5.83. The maximum atomic E-state index is 11.8. The van der Waals surface area contributed by atoms with E-state index in [-0.39, 0.29) is 12.7 Å². The molecular weight excluding hydrogens is 292 g/mol. The molecule has 8 heteroatoms. The van der Waals surface area contributed by atoms with Crippen molar-refractivity contribution >= 4 is 23.4 Å².